The molecule has 0 aromatic heterocycles. The molecule has 0 bridgehead atoms. The van der Waals surface area contributed by atoms with Crippen molar-refractivity contribution in [1.82, 2.24) is 0 Å². The molecule has 0 aromatic rings. The topological polar surface area (TPSA) is 132 Å². The average molecular weight is 304 g/mol. The van der Waals surface area contributed by atoms with Gasteiger partial charge in [-0.25, -0.2) is 4.79 Å². The minimum Gasteiger partial charge on any atom is -1.00 e. The molecule has 0 unspecified atom stereocenters. The van der Waals surface area contributed by atoms with Gasteiger partial charge in [-0.2, -0.15) is 0 Å². The molecule has 11 heteroatoms. The summed E-state index contributed by atoms with van der Waals surface area (Å²) in [6, 6.07) is 0. The molecule has 0 aliphatic rings. The van der Waals surface area contributed by atoms with Gasteiger partial charge in [0, 0.05) is 0 Å². The van der Waals surface area contributed by atoms with E-state index in [9.17, 15) is 14.4 Å². The molecule has 0 fully saturated rings. The van der Waals surface area contributed by atoms with Crippen molar-refractivity contribution >= 4 is 17.9 Å². The van der Waals surface area contributed by atoms with Crippen molar-refractivity contribution in [3.63, 3.8) is 0 Å². The minimum absolute atomic E-state index is 0. The van der Waals surface area contributed by atoms with Crippen LogP contribution in [0.2, 0.25) is 0 Å². The van der Waals surface area contributed by atoms with E-state index < -0.39 is 36.4 Å². The fourth-order valence-corrected chi connectivity index (χ4v) is 0.714. The van der Waals surface area contributed by atoms with Gasteiger partial charge in [0.15, 0.2) is 5.60 Å². The summed E-state index contributed by atoms with van der Waals surface area (Å²) in [7, 11) is 0. The second-order valence-electron chi connectivity index (χ2n) is 2.48. The zero-order chi connectivity index (χ0) is 10.6. The molecular weight excluding hydrogens is 292 g/mol. The van der Waals surface area contributed by atoms with Gasteiger partial charge in [-0.1, -0.05) is 0 Å². The average Bonchev–Trinajstić information content (AvgIpc) is 1.82. The molecule has 0 saturated carbocycles. The summed E-state index contributed by atoms with van der Waals surface area (Å²) in [5, 5.41) is 33.8. The van der Waals surface area contributed by atoms with Crippen LogP contribution < -0.4 is 140 Å². The molecule has 0 spiro atoms. The molecular formula is C6H12KNa3O7. The van der Waals surface area contributed by atoms with Crippen LogP contribution in [0.15, 0.2) is 0 Å². The SMILES string of the molecule is O=C(O)CC(O)(CC(=O)O)C(=O)O.[H-].[H-].[H-].[H-].[K+].[Na+].[Na+].[Na+]. The Morgan fingerprint density at radius 3 is 1.24 bits per heavy atom. The van der Waals surface area contributed by atoms with Crippen LogP contribution in [0.25, 0.3) is 0 Å². The molecule has 82 valence electrons. The van der Waals surface area contributed by atoms with Crippen LogP contribution in [0.4, 0.5) is 0 Å². The molecule has 0 aromatic carbocycles. The Kier molecular flexibility index (Phi) is 29.1. The molecule has 0 aliphatic carbocycles. The van der Waals surface area contributed by atoms with Crippen molar-refractivity contribution in [2.45, 2.75) is 18.4 Å². The molecule has 0 radical (unpaired) electrons. The Morgan fingerprint density at radius 2 is 1.12 bits per heavy atom. The fraction of sp³-hybridized carbons (Fsp3) is 0.500. The Balaban J connectivity index is -0.0000000257. The standard InChI is InChI=1S/C6H8O7.K.3Na.4H/c7-3(8)1-6(13,5(11)12)2-4(9)10;;;;;;;;/h13H,1-2H2,(H,7,8)(H,9,10)(H,11,12);;;;;;;;/q;4*+1;4*-1. The number of hydrogen-bond acceptors (Lipinski definition) is 4. The third-order valence-electron chi connectivity index (χ3n) is 1.29. The van der Waals surface area contributed by atoms with Crippen LogP contribution in [0.1, 0.15) is 18.5 Å². The van der Waals surface area contributed by atoms with Crippen LogP contribution >= 0.6 is 0 Å². The van der Waals surface area contributed by atoms with Gasteiger partial charge in [-0.3, -0.25) is 9.59 Å². The zero-order valence-corrected chi connectivity index (χ0v) is 19.6. The van der Waals surface area contributed by atoms with E-state index >= 15 is 0 Å². The molecule has 17 heavy (non-hydrogen) atoms. The van der Waals surface area contributed by atoms with Crippen molar-refractivity contribution in [2.24, 2.45) is 0 Å². The quantitative estimate of drug-likeness (QED) is 0.371. The van der Waals surface area contributed by atoms with Crippen molar-refractivity contribution in [1.29, 1.82) is 0 Å². The van der Waals surface area contributed by atoms with Crippen molar-refractivity contribution < 1.29 is 181 Å². The molecule has 0 atom stereocenters. The predicted octanol–water partition coefficient (Wildman–Crippen LogP) is -12.8. The molecule has 0 aliphatic heterocycles. The third-order valence-corrected chi connectivity index (χ3v) is 1.29. The van der Waals surface area contributed by atoms with Crippen LogP contribution in [-0.4, -0.2) is 43.9 Å². The second-order valence-corrected chi connectivity index (χ2v) is 2.48. The number of carboxylic acid groups (broad SMARTS) is 3. The number of carbonyl (C=O) groups is 3. The molecule has 0 amide bonds. The second kappa shape index (κ2) is 15.4. The van der Waals surface area contributed by atoms with E-state index in [2.05, 4.69) is 0 Å². The smallest absolute Gasteiger partial charge is 1.00 e. The summed E-state index contributed by atoms with van der Waals surface area (Å²) >= 11 is 0. The first-order valence-electron chi connectivity index (χ1n) is 3.17. The number of aliphatic hydroxyl groups is 1. The summed E-state index contributed by atoms with van der Waals surface area (Å²) in [5.41, 5.74) is -2.74. The molecule has 0 rings (SSSR count). The number of rotatable bonds is 5. The fourth-order valence-electron chi connectivity index (χ4n) is 0.714. The predicted molar refractivity (Wildman–Crippen MR) is 41.5 cm³/mol. The summed E-state index contributed by atoms with van der Waals surface area (Å²) < 4.78 is 0. The minimum atomic E-state index is -2.74. The van der Waals surface area contributed by atoms with Crippen LogP contribution in [0.5, 0.6) is 0 Å². The summed E-state index contributed by atoms with van der Waals surface area (Å²) in [5.74, 6) is -5.02. The van der Waals surface area contributed by atoms with Gasteiger partial charge in [-0.05, 0) is 0 Å². The third kappa shape index (κ3) is 15.2. The van der Waals surface area contributed by atoms with Crippen LogP contribution in [0.3, 0.4) is 0 Å². The van der Waals surface area contributed by atoms with Gasteiger partial charge in [-0.15, -0.1) is 0 Å². The van der Waals surface area contributed by atoms with E-state index in [4.69, 9.17) is 20.4 Å². The van der Waals surface area contributed by atoms with Gasteiger partial charge in [0.25, 0.3) is 0 Å². The van der Waals surface area contributed by atoms with E-state index in [1.165, 1.54) is 0 Å². The maximum absolute atomic E-state index is 10.3. The molecule has 0 saturated heterocycles. The van der Waals surface area contributed by atoms with Crippen molar-refractivity contribution in [3.05, 3.63) is 0 Å². The molecule has 7 nitrogen and oxygen atoms in total. The Morgan fingerprint density at radius 1 is 0.882 bits per heavy atom. The van der Waals surface area contributed by atoms with E-state index in [-0.39, 0.29) is 146 Å². The first-order chi connectivity index (χ1) is 5.78. The van der Waals surface area contributed by atoms with Crippen LogP contribution in [0, 0.1) is 0 Å². The number of carboxylic acids is 3. The van der Waals surface area contributed by atoms with Gasteiger partial charge in [0.05, 0.1) is 12.8 Å². The largest absolute Gasteiger partial charge is 1.00 e. The Hall–Kier alpha value is 3.01. The normalized spacial score (nSPS) is 8.29. The monoisotopic (exact) mass is 304 g/mol. The van der Waals surface area contributed by atoms with Gasteiger partial charge in [0.2, 0.25) is 0 Å². The van der Waals surface area contributed by atoms with E-state index in [1.807, 2.05) is 0 Å². The maximum Gasteiger partial charge on any atom is 1.00 e. The maximum atomic E-state index is 10.3. The number of aliphatic carboxylic acids is 3. The Labute approximate surface area is 212 Å². The van der Waals surface area contributed by atoms with Crippen LogP contribution in [-0.2, 0) is 14.4 Å². The van der Waals surface area contributed by atoms with Crippen molar-refractivity contribution in [3.8, 4) is 0 Å². The van der Waals surface area contributed by atoms with E-state index in [1.54, 1.807) is 0 Å². The van der Waals surface area contributed by atoms with Gasteiger partial charge < -0.3 is 26.1 Å². The summed E-state index contributed by atoms with van der Waals surface area (Å²) in [4.78, 5) is 30.5. The summed E-state index contributed by atoms with van der Waals surface area (Å²) in [6.07, 6.45) is -2.29. The summed E-state index contributed by atoms with van der Waals surface area (Å²) in [6.45, 7) is 0. The molecule has 4 N–H and O–H groups in total. The van der Waals surface area contributed by atoms with E-state index in [0.29, 0.717) is 0 Å². The Bertz CT molecular complexity index is 259. The first-order valence-corrected chi connectivity index (χ1v) is 3.17. The van der Waals surface area contributed by atoms with Crippen molar-refractivity contribution in [2.75, 3.05) is 0 Å². The van der Waals surface area contributed by atoms with Gasteiger partial charge in [0.1, 0.15) is 0 Å². The zero-order valence-electron chi connectivity index (χ0n) is 14.4. The van der Waals surface area contributed by atoms with Gasteiger partial charge >= 0.3 is 158 Å². The first kappa shape index (κ1) is 32.1. The molecule has 0 heterocycles. The number of hydrogen-bond donors (Lipinski definition) is 4. The van der Waals surface area contributed by atoms with E-state index in [0.717, 1.165) is 0 Å².